The summed E-state index contributed by atoms with van der Waals surface area (Å²) < 4.78 is 0. The number of nitrogen functional groups attached to an aromatic ring is 1. The van der Waals surface area contributed by atoms with Gasteiger partial charge in [0, 0.05) is 31.9 Å². The van der Waals surface area contributed by atoms with Crippen molar-refractivity contribution in [2.24, 2.45) is 0 Å². The Bertz CT molecular complexity index is 604. The average Bonchev–Trinajstić information content (AvgIpc) is 2.55. The van der Waals surface area contributed by atoms with E-state index in [0.717, 1.165) is 49.5 Å². The van der Waals surface area contributed by atoms with Crippen LogP contribution in [0.5, 0.6) is 0 Å². The van der Waals surface area contributed by atoms with Gasteiger partial charge >= 0.3 is 0 Å². The maximum Gasteiger partial charge on any atom is 0.149 e. The van der Waals surface area contributed by atoms with Gasteiger partial charge in [0.1, 0.15) is 5.82 Å². The van der Waals surface area contributed by atoms with E-state index in [1.807, 2.05) is 19.2 Å². The summed E-state index contributed by atoms with van der Waals surface area (Å²) in [5, 5.41) is 3.51. The van der Waals surface area contributed by atoms with E-state index in [4.69, 9.17) is 5.73 Å². The zero-order valence-corrected chi connectivity index (χ0v) is 13.1. The van der Waals surface area contributed by atoms with Gasteiger partial charge in [-0.1, -0.05) is 30.3 Å². The molecule has 1 fully saturated rings. The number of benzene rings is 1. The Balaban J connectivity index is 1.52. The molecule has 3 rings (SSSR count). The van der Waals surface area contributed by atoms with E-state index >= 15 is 0 Å². The number of nitrogens with two attached hydrogens (primary N) is 1. The van der Waals surface area contributed by atoms with Crippen LogP contribution in [0, 0.1) is 6.92 Å². The number of nitrogens with one attached hydrogen (secondary N) is 1. The zero-order valence-electron chi connectivity index (χ0n) is 13.1. The van der Waals surface area contributed by atoms with Crippen LogP contribution in [0.2, 0.25) is 0 Å². The highest BCUT2D eigenvalue weighted by Gasteiger charge is 2.20. The molecular formula is C18H24N4. The molecule has 0 aliphatic carbocycles. The van der Waals surface area contributed by atoms with Crippen LogP contribution in [-0.2, 0) is 6.54 Å². The van der Waals surface area contributed by atoms with Crippen molar-refractivity contribution in [3.05, 3.63) is 53.7 Å². The largest absolute Gasteiger partial charge is 0.396 e. The second kappa shape index (κ2) is 6.79. The van der Waals surface area contributed by atoms with Gasteiger partial charge in [-0.25, -0.2) is 4.98 Å². The number of hydrogen-bond acceptors (Lipinski definition) is 4. The minimum Gasteiger partial charge on any atom is -0.396 e. The van der Waals surface area contributed by atoms with Gasteiger partial charge in [0.05, 0.1) is 5.69 Å². The van der Waals surface area contributed by atoms with Gasteiger partial charge in [-0.2, -0.15) is 0 Å². The van der Waals surface area contributed by atoms with Gasteiger partial charge in [-0.15, -0.1) is 0 Å². The van der Waals surface area contributed by atoms with Crippen molar-refractivity contribution in [2.45, 2.75) is 32.4 Å². The van der Waals surface area contributed by atoms with Crippen LogP contribution in [-0.4, -0.2) is 29.0 Å². The molecule has 2 aromatic rings. The smallest absolute Gasteiger partial charge is 0.149 e. The monoisotopic (exact) mass is 296 g/mol. The fraction of sp³-hybridized carbons (Fsp3) is 0.389. The summed E-state index contributed by atoms with van der Waals surface area (Å²) in [5.41, 5.74) is 9.34. The number of anilines is 2. The Labute approximate surface area is 132 Å². The van der Waals surface area contributed by atoms with Crippen molar-refractivity contribution in [1.82, 2.24) is 9.88 Å². The van der Waals surface area contributed by atoms with E-state index in [1.54, 1.807) is 0 Å². The molecule has 4 heteroatoms. The molecule has 0 unspecified atom stereocenters. The molecule has 1 aromatic carbocycles. The molecule has 116 valence electrons. The van der Waals surface area contributed by atoms with Crippen LogP contribution in [0.4, 0.5) is 11.5 Å². The first-order valence-electron chi connectivity index (χ1n) is 7.96. The second-order valence-corrected chi connectivity index (χ2v) is 6.07. The lowest BCUT2D eigenvalue weighted by Gasteiger charge is -2.32. The van der Waals surface area contributed by atoms with E-state index in [2.05, 4.69) is 45.5 Å². The number of aryl methyl sites for hydroxylation is 1. The molecule has 1 saturated heterocycles. The lowest BCUT2D eigenvalue weighted by Crippen LogP contribution is -2.38. The summed E-state index contributed by atoms with van der Waals surface area (Å²) in [6, 6.07) is 13.1. The number of likely N-dealkylation sites (tertiary alicyclic amines) is 1. The lowest BCUT2D eigenvalue weighted by molar-refractivity contribution is 0.211. The minimum absolute atomic E-state index is 0.462. The third-order valence-electron chi connectivity index (χ3n) is 4.39. The molecule has 1 aliphatic heterocycles. The predicted octanol–water partition coefficient (Wildman–Crippen LogP) is 3.05. The number of aromatic nitrogens is 1. The standard InChI is InChI=1S/C18H24N4/c1-14-7-10-20-18(17(14)19)21-16-8-11-22(12-9-16)13-15-5-3-2-4-6-15/h2-7,10,16H,8-9,11-13,19H2,1H3,(H,20,21). The van der Waals surface area contributed by atoms with Gasteiger partial charge < -0.3 is 11.1 Å². The zero-order chi connectivity index (χ0) is 15.4. The van der Waals surface area contributed by atoms with Crippen molar-refractivity contribution in [3.63, 3.8) is 0 Å². The Hall–Kier alpha value is -2.07. The van der Waals surface area contributed by atoms with Crippen LogP contribution in [0.15, 0.2) is 42.6 Å². The quantitative estimate of drug-likeness (QED) is 0.910. The molecule has 22 heavy (non-hydrogen) atoms. The summed E-state index contributed by atoms with van der Waals surface area (Å²) in [4.78, 5) is 6.88. The van der Waals surface area contributed by atoms with Crippen molar-refractivity contribution in [2.75, 3.05) is 24.1 Å². The molecule has 4 nitrogen and oxygen atoms in total. The first kappa shape index (κ1) is 14.9. The summed E-state index contributed by atoms with van der Waals surface area (Å²) in [5.74, 6) is 0.835. The van der Waals surface area contributed by atoms with Gasteiger partial charge in [0.2, 0.25) is 0 Å². The van der Waals surface area contributed by atoms with E-state index in [9.17, 15) is 0 Å². The molecule has 2 heterocycles. The van der Waals surface area contributed by atoms with Crippen LogP contribution in [0.3, 0.4) is 0 Å². The number of rotatable bonds is 4. The second-order valence-electron chi connectivity index (χ2n) is 6.07. The summed E-state index contributed by atoms with van der Waals surface area (Å²) in [6.07, 6.45) is 4.07. The molecular weight excluding hydrogens is 272 g/mol. The van der Waals surface area contributed by atoms with Gasteiger partial charge in [-0.3, -0.25) is 4.90 Å². The van der Waals surface area contributed by atoms with Crippen LogP contribution in [0.1, 0.15) is 24.0 Å². The first-order chi connectivity index (χ1) is 10.7. The molecule has 1 aromatic heterocycles. The van der Waals surface area contributed by atoms with E-state index in [1.165, 1.54) is 5.56 Å². The van der Waals surface area contributed by atoms with Crippen LogP contribution < -0.4 is 11.1 Å². The highest BCUT2D eigenvalue weighted by Crippen LogP contribution is 2.23. The van der Waals surface area contributed by atoms with Crippen LogP contribution in [0.25, 0.3) is 0 Å². The number of piperidine rings is 1. The SMILES string of the molecule is Cc1ccnc(NC2CCN(Cc3ccccc3)CC2)c1N. The Kier molecular flexibility index (Phi) is 4.59. The first-order valence-corrected chi connectivity index (χ1v) is 7.96. The highest BCUT2D eigenvalue weighted by atomic mass is 15.1. The normalized spacial score (nSPS) is 16.6. The predicted molar refractivity (Wildman–Crippen MR) is 91.8 cm³/mol. The topological polar surface area (TPSA) is 54.2 Å². The molecule has 1 aliphatic rings. The summed E-state index contributed by atoms with van der Waals surface area (Å²) in [6.45, 7) is 5.28. The molecule has 0 spiro atoms. The van der Waals surface area contributed by atoms with E-state index in [0.29, 0.717) is 6.04 Å². The molecule has 0 atom stereocenters. The van der Waals surface area contributed by atoms with Crippen molar-refractivity contribution < 1.29 is 0 Å². The van der Waals surface area contributed by atoms with E-state index < -0.39 is 0 Å². The number of nitrogens with zero attached hydrogens (tertiary/aromatic N) is 2. The van der Waals surface area contributed by atoms with Crippen LogP contribution >= 0.6 is 0 Å². The Morgan fingerprint density at radius 1 is 1.18 bits per heavy atom. The number of pyridine rings is 1. The third kappa shape index (κ3) is 3.57. The molecule has 3 N–H and O–H groups in total. The minimum atomic E-state index is 0.462. The van der Waals surface area contributed by atoms with Gasteiger partial charge in [0.25, 0.3) is 0 Å². The van der Waals surface area contributed by atoms with Crippen molar-refractivity contribution >= 4 is 11.5 Å². The van der Waals surface area contributed by atoms with E-state index in [-0.39, 0.29) is 0 Å². The van der Waals surface area contributed by atoms with Crippen molar-refractivity contribution in [1.29, 1.82) is 0 Å². The molecule has 0 saturated carbocycles. The Morgan fingerprint density at radius 3 is 2.64 bits per heavy atom. The fourth-order valence-electron chi connectivity index (χ4n) is 2.96. The van der Waals surface area contributed by atoms with Crippen molar-refractivity contribution in [3.8, 4) is 0 Å². The van der Waals surface area contributed by atoms with Gasteiger partial charge in [-0.05, 0) is 37.0 Å². The Morgan fingerprint density at radius 2 is 1.91 bits per heavy atom. The summed E-state index contributed by atoms with van der Waals surface area (Å²) in [7, 11) is 0. The molecule has 0 bridgehead atoms. The number of hydrogen-bond donors (Lipinski definition) is 2. The lowest BCUT2D eigenvalue weighted by atomic mass is 10.0. The third-order valence-corrected chi connectivity index (χ3v) is 4.39. The van der Waals surface area contributed by atoms with Gasteiger partial charge in [0.15, 0.2) is 0 Å². The maximum atomic E-state index is 6.09. The summed E-state index contributed by atoms with van der Waals surface area (Å²) >= 11 is 0. The molecule has 0 radical (unpaired) electrons. The highest BCUT2D eigenvalue weighted by molar-refractivity contribution is 5.65. The average molecular weight is 296 g/mol. The maximum absolute atomic E-state index is 6.09. The fourth-order valence-corrected chi connectivity index (χ4v) is 2.96. The molecule has 0 amide bonds.